The van der Waals surface area contributed by atoms with Gasteiger partial charge < -0.3 is 5.32 Å². The average molecular weight is 408 g/mol. The lowest BCUT2D eigenvalue weighted by atomic mass is 10.1. The van der Waals surface area contributed by atoms with E-state index in [0.717, 1.165) is 11.1 Å². The van der Waals surface area contributed by atoms with Crippen LogP contribution in [-0.2, 0) is 17.4 Å². The Bertz CT molecular complexity index is 1010. The maximum atomic E-state index is 13.1. The number of rotatable bonds is 4. The highest BCUT2D eigenvalue weighted by atomic mass is 32.1. The van der Waals surface area contributed by atoms with Crippen LogP contribution in [0.25, 0.3) is 11.3 Å². The Morgan fingerprint density at radius 2 is 1.79 bits per heavy atom. The molecule has 0 unspecified atom stereocenters. The third kappa shape index (κ3) is 4.56. The summed E-state index contributed by atoms with van der Waals surface area (Å²) in [6.45, 7) is 3.15. The number of thiazole rings is 1. The van der Waals surface area contributed by atoms with Crippen molar-refractivity contribution < 1.29 is 22.4 Å². The minimum Gasteiger partial charge on any atom is -0.326 e. The van der Waals surface area contributed by atoms with E-state index in [-0.39, 0.29) is 23.5 Å². The van der Waals surface area contributed by atoms with Gasteiger partial charge in [-0.05, 0) is 55.8 Å². The first kappa shape index (κ1) is 20.0. The molecule has 3 aromatic rings. The van der Waals surface area contributed by atoms with Crippen molar-refractivity contribution in [3.8, 4) is 11.3 Å². The van der Waals surface area contributed by atoms with E-state index in [0.29, 0.717) is 16.1 Å². The monoisotopic (exact) mass is 408 g/mol. The summed E-state index contributed by atoms with van der Waals surface area (Å²) in [7, 11) is 0. The van der Waals surface area contributed by atoms with Crippen LogP contribution in [0.4, 0.5) is 23.2 Å². The van der Waals surface area contributed by atoms with Gasteiger partial charge in [0.1, 0.15) is 5.82 Å². The summed E-state index contributed by atoms with van der Waals surface area (Å²) in [5.74, 6) is -0.834. The van der Waals surface area contributed by atoms with Gasteiger partial charge in [0, 0.05) is 16.1 Å². The van der Waals surface area contributed by atoms with Gasteiger partial charge >= 0.3 is 6.18 Å². The molecule has 146 valence electrons. The van der Waals surface area contributed by atoms with Crippen molar-refractivity contribution in [3.05, 3.63) is 69.3 Å². The van der Waals surface area contributed by atoms with Crippen LogP contribution < -0.4 is 5.32 Å². The Kier molecular flexibility index (Phi) is 5.51. The zero-order valence-electron chi connectivity index (χ0n) is 15.0. The number of hydrogen-bond acceptors (Lipinski definition) is 3. The summed E-state index contributed by atoms with van der Waals surface area (Å²) >= 11 is 1.32. The maximum Gasteiger partial charge on any atom is 0.416 e. The number of carbonyl (C=O) groups excluding carboxylic acids is 1. The molecule has 0 saturated carbocycles. The highest BCUT2D eigenvalue weighted by Crippen LogP contribution is 2.34. The number of hydrogen-bond donors (Lipinski definition) is 1. The molecular weight excluding hydrogens is 392 g/mol. The van der Waals surface area contributed by atoms with Gasteiger partial charge in [-0.25, -0.2) is 9.37 Å². The van der Waals surface area contributed by atoms with E-state index in [4.69, 9.17) is 0 Å². The van der Waals surface area contributed by atoms with Crippen LogP contribution in [0, 0.1) is 19.7 Å². The third-order valence-electron chi connectivity index (χ3n) is 4.07. The summed E-state index contributed by atoms with van der Waals surface area (Å²) in [4.78, 5) is 17.5. The molecule has 1 N–H and O–H groups in total. The van der Waals surface area contributed by atoms with Crippen LogP contribution in [0.3, 0.4) is 0 Å². The molecule has 0 fully saturated rings. The summed E-state index contributed by atoms with van der Waals surface area (Å²) in [5.41, 5.74) is 0.612. The lowest BCUT2D eigenvalue weighted by Crippen LogP contribution is -2.15. The SMILES string of the molecule is Cc1nc(-c2ccc(F)cc2)c(CC(=O)Nc2ccc(C)c(C(F)(F)F)c2)s1. The second kappa shape index (κ2) is 7.71. The molecule has 0 aliphatic carbocycles. The fraction of sp³-hybridized carbons (Fsp3) is 0.200. The summed E-state index contributed by atoms with van der Waals surface area (Å²) in [6.07, 6.45) is -4.54. The van der Waals surface area contributed by atoms with Gasteiger partial charge in [0.15, 0.2) is 0 Å². The first-order chi connectivity index (χ1) is 13.1. The molecule has 0 atom stereocenters. The second-order valence-electron chi connectivity index (χ2n) is 6.26. The van der Waals surface area contributed by atoms with Crippen LogP contribution in [-0.4, -0.2) is 10.9 Å². The van der Waals surface area contributed by atoms with Crippen molar-refractivity contribution in [1.29, 1.82) is 0 Å². The molecule has 0 aliphatic rings. The first-order valence-corrected chi connectivity index (χ1v) is 9.15. The van der Waals surface area contributed by atoms with E-state index in [2.05, 4.69) is 10.3 Å². The summed E-state index contributed by atoms with van der Waals surface area (Å²) in [5, 5.41) is 3.24. The second-order valence-corrected chi connectivity index (χ2v) is 7.55. The van der Waals surface area contributed by atoms with E-state index in [9.17, 15) is 22.4 Å². The van der Waals surface area contributed by atoms with Crippen LogP contribution >= 0.6 is 11.3 Å². The number of halogens is 4. The molecule has 1 heterocycles. The third-order valence-corrected chi connectivity index (χ3v) is 5.04. The van der Waals surface area contributed by atoms with Gasteiger partial charge in [0.05, 0.1) is 22.7 Å². The van der Waals surface area contributed by atoms with Crippen LogP contribution in [0.15, 0.2) is 42.5 Å². The van der Waals surface area contributed by atoms with Gasteiger partial charge in [-0.1, -0.05) is 6.07 Å². The minimum absolute atomic E-state index is 0.0482. The zero-order valence-corrected chi connectivity index (χ0v) is 15.8. The molecule has 1 amide bonds. The van der Waals surface area contributed by atoms with Crippen molar-refractivity contribution in [2.45, 2.75) is 26.4 Å². The molecule has 8 heteroatoms. The largest absolute Gasteiger partial charge is 0.416 e. The molecule has 28 heavy (non-hydrogen) atoms. The highest BCUT2D eigenvalue weighted by Gasteiger charge is 2.32. The molecule has 2 aromatic carbocycles. The minimum atomic E-state index is -4.49. The van der Waals surface area contributed by atoms with Crippen molar-refractivity contribution in [3.63, 3.8) is 0 Å². The summed E-state index contributed by atoms with van der Waals surface area (Å²) in [6, 6.07) is 9.42. The summed E-state index contributed by atoms with van der Waals surface area (Å²) < 4.78 is 52.3. The molecule has 0 aliphatic heterocycles. The number of amides is 1. The Balaban J connectivity index is 1.80. The quantitative estimate of drug-likeness (QED) is 0.557. The molecule has 3 nitrogen and oxygen atoms in total. The number of carbonyl (C=O) groups is 1. The molecule has 0 bridgehead atoms. The molecule has 0 spiro atoms. The van der Waals surface area contributed by atoms with E-state index in [1.807, 2.05) is 0 Å². The number of anilines is 1. The van der Waals surface area contributed by atoms with Crippen molar-refractivity contribution in [1.82, 2.24) is 4.98 Å². The van der Waals surface area contributed by atoms with Crippen molar-refractivity contribution in [2.75, 3.05) is 5.32 Å². The number of benzene rings is 2. The smallest absolute Gasteiger partial charge is 0.326 e. The predicted octanol–water partition coefficient (Wildman–Crippen LogP) is 5.77. The Labute approximate surface area is 163 Å². The van der Waals surface area contributed by atoms with Crippen molar-refractivity contribution >= 4 is 22.9 Å². The number of nitrogens with one attached hydrogen (secondary N) is 1. The van der Waals surface area contributed by atoms with E-state index >= 15 is 0 Å². The molecule has 1 aromatic heterocycles. The average Bonchev–Trinajstić information content (AvgIpc) is 2.96. The zero-order chi connectivity index (χ0) is 20.5. The Hall–Kier alpha value is -2.74. The lowest BCUT2D eigenvalue weighted by Gasteiger charge is -2.12. The van der Waals surface area contributed by atoms with Gasteiger partial charge in [0.2, 0.25) is 5.91 Å². The number of aromatic nitrogens is 1. The topological polar surface area (TPSA) is 42.0 Å². The van der Waals surface area contributed by atoms with Gasteiger partial charge in [-0.3, -0.25) is 4.79 Å². The fourth-order valence-corrected chi connectivity index (χ4v) is 3.74. The highest BCUT2D eigenvalue weighted by molar-refractivity contribution is 7.12. The fourth-order valence-electron chi connectivity index (χ4n) is 2.78. The first-order valence-electron chi connectivity index (χ1n) is 8.33. The normalized spacial score (nSPS) is 11.5. The van der Waals surface area contributed by atoms with Crippen LogP contribution in [0.1, 0.15) is 21.0 Å². The van der Waals surface area contributed by atoms with E-state index < -0.39 is 17.6 Å². The predicted molar refractivity (Wildman–Crippen MR) is 101 cm³/mol. The Morgan fingerprint density at radius 1 is 1.11 bits per heavy atom. The number of alkyl halides is 3. The van der Waals surface area contributed by atoms with E-state index in [1.54, 1.807) is 19.1 Å². The molecule has 0 radical (unpaired) electrons. The molecule has 0 saturated heterocycles. The lowest BCUT2D eigenvalue weighted by molar-refractivity contribution is -0.138. The van der Waals surface area contributed by atoms with Crippen LogP contribution in [0.2, 0.25) is 0 Å². The Morgan fingerprint density at radius 3 is 2.43 bits per heavy atom. The van der Waals surface area contributed by atoms with Gasteiger partial charge in [-0.15, -0.1) is 11.3 Å². The van der Waals surface area contributed by atoms with E-state index in [1.165, 1.54) is 42.5 Å². The van der Waals surface area contributed by atoms with Gasteiger partial charge in [0.25, 0.3) is 0 Å². The van der Waals surface area contributed by atoms with Gasteiger partial charge in [-0.2, -0.15) is 13.2 Å². The van der Waals surface area contributed by atoms with Crippen molar-refractivity contribution in [2.24, 2.45) is 0 Å². The number of aryl methyl sites for hydroxylation is 2. The number of nitrogens with zero attached hydrogens (tertiary/aromatic N) is 1. The standard InChI is InChI=1S/C20H16F4N2OS/c1-11-3-8-15(9-16(11)20(22,23)24)26-18(27)10-17-19(25-12(2)28-17)13-4-6-14(21)7-5-13/h3-9H,10H2,1-2H3,(H,26,27). The molecular formula is C20H16F4N2OS. The maximum absolute atomic E-state index is 13.1. The van der Waals surface area contributed by atoms with Crippen LogP contribution in [0.5, 0.6) is 0 Å². The molecule has 3 rings (SSSR count).